The van der Waals surface area contributed by atoms with Crippen LogP contribution in [0.3, 0.4) is 0 Å². The van der Waals surface area contributed by atoms with E-state index >= 15 is 0 Å². The monoisotopic (exact) mass is 657 g/mol. The van der Waals surface area contributed by atoms with Crippen molar-refractivity contribution in [2.75, 3.05) is 10.8 Å². The topological polar surface area (TPSA) is 86.8 Å². The summed E-state index contributed by atoms with van der Waals surface area (Å²) in [6.45, 7) is 6.44. The van der Waals surface area contributed by atoms with Gasteiger partial charge in [-0.1, -0.05) is 77.1 Å². The maximum atomic E-state index is 14.0. The van der Waals surface area contributed by atoms with Crippen molar-refractivity contribution in [3.05, 3.63) is 91.9 Å². The van der Waals surface area contributed by atoms with Crippen LogP contribution in [-0.2, 0) is 26.2 Å². The molecule has 0 radical (unpaired) electrons. The van der Waals surface area contributed by atoms with Crippen molar-refractivity contribution >= 4 is 73.9 Å². The fourth-order valence-corrected chi connectivity index (χ4v) is 6.24. The number of sulfonamides is 1. The Balaban J connectivity index is 2.09. The fraction of sp³-hybridized carbons (Fsp3) is 0.310. The van der Waals surface area contributed by atoms with Crippen LogP contribution in [0.15, 0.2) is 65.6 Å². The van der Waals surface area contributed by atoms with Gasteiger partial charge < -0.3 is 10.2 Å². The molecule has 0 unspecified atom stereocenters. The fourth-order valence-electron chi connectivity index (χ4n) is 3.91. The first kappa shape index (κ1) is 33.0. The molecule has 7 nitrogen and oxygen atoms in total. The zero-order valence-corrected chi connectivity index (χ0v) is 26.8. The van der Waals surface area contributed by atoms with Gasteiger partial charge in [0.2, 0.25) is 11.8 Å². The number of carbonyl (C=O) groups is 2. The molecule has 0 bridgehead atoms. The van der Waals surface area contributed by atoms with Gasteiger partial charge in [0.1, 0.15) is 12.6 Å². The van der Waals surface area contributed by atoms with E-state index in [4.69, 9.17) is 46.4 Å². The van der Waals surface area contributed by atoms with Gasteiger partial charge in [-0.3, -0.25) is 13.9 Å². The molecule has 0 fully saturated rings. The number of nitrogens with one attached hydrogen (secondary N) is 1. The number of rotatable bonds is 11. The Morgan fingerprint density at radius 2 is 1.49 bits per heavy atom. The van der Waals surface area contributed by atoms with E-state index in [2.05, 4.69) is 5.32 Å². The standard InChI is InChI=1S/C29H31Cl4N3O4S/c1-5-19(3)34-29(38)20(4)35(16-21-8-9-22(30)14-26(21)33)28(37)17-36(27-15-23(31)10-13-25(27)32)41(39,40)24-11-6-18(2)7-12-24/h6-15,19-20H,5,16-17H2,1-4H3,(H,34,38)/t19-,20-/m0/s1. The van der Waals surface area contributed by atoms with E-state index in [-0.39, 0.29) is 33.2 Å². The number of benzene rings is 3. The SMILES string of the molecule is CC[C@H](C)NC(=O)[C@H](C)N(Cc1ccc(Cl)cc1Cl)C(=O)CN(c1cc(Cl)ccc1Cl)S(=O)(=O)c1ccc(C)cc1. The molecule has 0 aliphatic rings. The molecule has 3 rings (SSSR count). The van der Waals surface area contributed by atoms with Crippen molar-refractivity contribution in [2.45, 2.75) is 57.6 Å². The normalized spacial score (nSPS) is 12.9. The van der Waals surface area contributed by atoms with Gasteiger partial charge in [-0.25, -0.2) is 8.42 Å². The molecule has 220 valence electrons. The number of carbonyl (C=O) groups excluding carboxylic acids is 2. The highest BCUT2D eigenvalue weighted by Crippen LogP contribution is 2.33. The third-order valence-electron chi connectivity index (χ3n) is 6.59. The van der Waals surface area contributed by atoms with Crippen molar-refractivity contribution in [1.29, 1.82) is 0 Å². The molecule has 0 saturated heterocycles. The Labute approximate surface area is 261 Å². The minimum absolute atomic E-state index is 0.0225. The first-order valence-corrected chi connectivity index (χ1v) is 15.8. The Kier molecular flexibility index (Phi) is 11.4. The Hall–Kier alpha value is -2.49. The lowest BCUT2D eigenvalue weighted by atomic mass is 10.1. The van der Waals surface area contributed by atoms with Crippen LogP contribution in [0.4, 0.5) is 5.69 Å². The summed E-state index contributed by atoms with van der Waals surface area (Å²) < 4.78 is 28.8. The minimum atomic E-state index is -4.30. The Bertz CT molecular complexity index is 1520. The summed E-state index contributed by atoms with van der Waals surface area (Å²) in [4.78, 5) is 28.4. The van der Waals surface area contributed by atoms with Crippen molar-refractivity contribution in [3.63, 3.8) is 0 Å². The van der Waals surface area contributed by atoms with Crippen molar-refractivity contribution in [2.24, 2.45) is 0 Å². The number of anilines is 1. The summed E-state index contributed by atoms with van der Waals surface area (Å²) >= 11 is 25.1. The maximum Gasteiger partial charge on any atom is 0.264 e. The van der Waals surface area contributed by atoms with Gasteiger partial charge in [-0.05, 0) is 75.2 Å². The van der Waals surface area contributed by atoms with Gasteiger partial charge in [0.15, 0.2) is 0 Å². The van der Waals surface area contributed by atoms with Crippen LogP contribution in [-0.4, -0.2) is 43.8 Å². The molecule has 1 N–H and O–H groups in total. The average molecular weight is 659 g/mol. The van der Waals surface area contributed by atoms with Crippen LogP contribution in [0.25, 0.3) is 0 Å². The maximum absolute atomic E-state index is 14.0. The van der Waals surface area contributed by atoms with E-state index in [1.807, 2.05) is 20.8 Å². The number of aryl methyl sites for hydroxylation is 1. The van der Waals surface area contributed by atoms with Crippen LogP contribution in [0.2, 0.25) is 20.1 Å². The molecule has 41 heavy (non-hydrogen) atoms. The summed E-state index contributed by atoms with van der Waals surface area (Å²) in [6, 6.07) is 14.3. The zero-order chi connectivity index (χ0) is 30.5. The number of hydrogen-bond acceptors (Lipinski definition) is 4. The molecular formula is C29H31Cl4N3O4S. The molecule has 2 atom stereocenters. The summed E-state index contributed by atoms with van der Waals surface area (Å²) in [5.41, 5.74) is 1.41. The molecule has 12 heteroatoms. The predicted octanol–water partition coefficient (Wildman–Crippen LogP) is 7.14. The molecule has 0 aliphatic heterocycles. The summed E-state index contributed by atoms with van der Waals surface area (Å²) in [5, 5.41) is 3.89. The lowest BCUT2D eigenvalue weighted by Gasteiger charge is -2.33. The van der Waals surface area contributed by atoms with E-state index in [1.54, 1.807) is 31.2 Å². The van der Waals surface area contributed by atoms with Crippen LogP contribution >= 0.6 is 46.4 Å². The quantitative estimate of drug-likeness (QED) is 0.237. The molecule has 3 aromatic carbocycles. The van der Waals surface area contributed by atoms with Crippen molar-refractivity contribution in [1.82, 2.24) is 10.2 Å². The number of nitrogens with zero attached hydrogens (tertiary/aromatic N) is 2. The Morgan fingerprint density at radius 1 is 0.878 bits per heavy atom. The first-order chi connectivity index (χ1) is 19.2. The van der Waals surface area contributed by atoms with Gasteiger partial charge in [0.25, 0.3) is 10.0 Å². The highest BCUT2D eigenvalue weighted by Gasteiger charge is 2.34. The molecule has 0 aromatic heterocycles. The van der Waals surface area contributed by atoms with E-state index in [1.165, 1.54) is 41.3 Å². The predicted molar refractivity (Wildman–Crippen MR) is 167 cm³/mol. The molecule has 2 amide bonds. The third-order valence-corrected chi connectivity index (χ3v) is 9.50. The summed E-state index contributed by atoms with van der Waals surface area (Å²) in [6.07, 6.45) is 0.686. The van der Waals surface area contributed by atoms with E-state index in [9.17, 15) is 18.0 Å². The molecule has 0 spiro atoms. The number of halogens is 4. The van der Waals surface area contributed by atoms with E-state index < -0.39 is 34.4 Å². The van der Waals surface area contributed by atoms with Gasteiger partial charge in [0.05, 0.1) is 15.6 Å². The zero-order valence-electron chi connectivity index (χ0n) is 23.0. The first-order valence-electron chi connectivity index (χ1n) is 12.8. The number of hydrogen-bond donors (Lipinski definition) is 1. The lowest BCUT2D eigenvalue weighted by molar-refractivity contribution is -0.139. The second-order valence-corrected chi connectivity index (χ2v) is 13.2. The summed E-state index contributed by atoms with van der Waals surface area (Å²) in [7, 11) is -4.30. The average Bonchev–Trinajstić information content (AvgIpc) is 2.92. The second-order valence-electron chi connectivity index (χ2n) is 9.67. The van der Waals surface area contributed by atoms with Crippen LogP contribution in [0, 0.1) is 6.92 Å². The molecule has 3 aromatic rings. The second kappa shape index (κ2) is 14.1. The molecule has 0 saturated carbocycles. The molecule has 0 aliphatic carbocycles. The van der Waals surface area contributed by atoms with Crippen molar-refractivity contribution < 1.29 is 18.0 Å². The Morgan fingerprint density at radius 3 is 2.10 bits per heavy atom. The van der Waals surface area contributed by atoms with Gasteiger partial charge >= 0.3 is 0 Å². The van der Waals surface area contributed by atoms with Crippen molar-refractivity contribution in [3.8, 4) is 0 Å². The highest BCUT2D eigenvalue weighted by molar-refractivity contribution is 7.92. The highest BCUT2D eigenvalue weighted by atomic mass is 35.5. The number of amides is 2. The molecule has 0 heterocycles. The van der Waals surface area contributed by atoms with Crippen LogP contribution in [0.5, 0.6) is 0 Å². The van der Waals surface area contributed by atoms with E-state index in [0.717, 1.165) is 9.87 Å². The van der Waals surface area contributed by atoms with Gasteiger partial charge in [-0.15, -0.1) is 0 Å². The minimum Gasteiger partial charge on any atom is -0.352 e. The molecular weight excluding hydrogens is 628 g/mol. The third kappa shape index (κ3) is 8.30. The van der Waals surface area contributed by atoms with Crippen LogP contribution < -0.4 is 9.62 Å². The lowest BCUT2D eigenvalue weighted by Crippen LogP contribution is -2.52. The largest absolute Gasteiger partial charge is 0.352 e. The van der Waals surface area contributed by atoms with Gasteiger partial charge in [-0.2, -0.15) is 0 Å². The van der Waals surface area contributed by atoms with E-state index in [0.29, 0.717) is 22.0 Å². The smallest absolute Gasteiger partial charge is 0.264 e. The van der Waals surface area contributed by atoms with Gasteiger partial charge in [0, 0.05) is 27.7 Å². The summed E-state index contributed by atoms with van der Waals surface area (Å²) in [5.74, 6) is -1.05. The van der Waals surface area contributed by atoms with Crippen LogP contribution in [0.1, 0.15) is 38.3 Å².